The molecular weight excluding hydrogens is 403 g/mol. The molecule has 0 radical (unpaired) electrons. The number of carbonyl (C=O) groups is 1. The van der Waals surface area contributed by atoms with E-state index >= 15 is 0 Å². The first-order chi connectivity index (χ1) is 11.9. The molecule has 0 unspecified atom stereocenters. The molecule has 1 aromatic carbocycles. The summed E-state index contributed by atoms with van der Waals surface area (Å²) in [5, 5.41) is 3.26. The molecule has 134 valence electrons. The van der Waals surface area contributed by atoms with Gasteiger partial charge < -0.3 is 5.32 Å². The van der Waals surface area contributed by atoms with E-state index in [0.717, 1.165) is 24.2 Å². The molecule has 1 fully saturated rings. The van der Waals surface area contributed by atoms with Gasteiger partial charge in [-0.1, -0.05) is 35.7 Å². The second-order valence-corrected chi connectivity index (χ2v) is 9.95. The molecule has 1 atom stereocenters. The maximum atomic E-state index is 12.9. The Morgan fingerprint density at radius 1 is 1.20 bits per heavy atom. The number of rotatable bonds is 4. The van der Waals surface area contributed by atoms with Gasteiger partial charge in [0.05, 0.1) is 4.34 Å². The predicted octanol–water partition coefficient (Wildman–Crippen LogP) is 4.24. The van der Waals surface area contributed by atoms with Crippen molar-refractivity contribution in [3.63, 3.8) is 0 Å². The molecule has 2 aromatic rings. The summed E-state index contributed by atoms with van der Waals surface area (Å²) in [6, 6.07) is 9.03. The van der Waals surface area contributed by atoms with Crippen molar-refractivity contribution in [3.8, 4) is 0 Å². The number of amides is 1. The number of nitrogens with zero attached hydrogens (tertiary/aromatic N) is 1. The lowest BCUT2D eigenvalue weighted by Crippen LogP contribution is -2.49. The third-order valence-corrected chi connectivity index (χ3v) is 7.80. The number of sulfonamides is 1. The molecule has 9 heteroatoms. The van der Waals surface area contributed by atoms with Gasteiger partial charge in [0.1, 0.15) is 10.3 Å². The molecule has 3 rings (SSSR count). The number of nitrogens with one attached hydrogen (secondary N) is 1. The molecular formula is C16H16Cl2N2O3S2. The van der Waals surface area contributed by atoms with Crippen LogP contribution in [0.5, 0.6) is 0 Å². The average Bonchev–Trinajstić information content (AvgIpc) is 3.02. The fraction of sp³-hybridized carbons (Fsp3) is 0.312. The third kappa shape index (κ3) is 4.17. The van der Waals surface area contributed by atoms with Gasteiger partial charge >= 0.3 is 0 Å². The van der Waals surface area contributed by atoms with E-state index < -0.39 is 16.1 Å². The number of carbonyl (C=O) groups excluding carboxylic acids is 1. The van der Waals surface area contributed by atoms with Crippen molar-refractivity contribution in [3.05, 3.63) is 45.8 Å². The van der Waals surface area contributed by atoms with Gasteiger partial charge in [0.15, 0.2) is 0 Å². The van der Waals surface area contributed by atoms with Crippen LogP contribution >= 0.6 is 34.5 Å². The Balaban J connectivity index is 1.84. The van der Waals surface area contributed by atoms with Crippen molar-refractivity contribution in [2.75, 3.05) is 11.9 Å². The number of piperidine rings is 1. The summed E-state index contributed by atoms with van der Waals surface area (Å²) in [4.78, 5) is 12.7. The Morgan fingerprint density at radius 3 is 2.68 bits per heavy atom. The fourth-order valence-electron chi connectivity index (χ4n) is 2.80. The van der Waals surface area contributed by atoms with Crippen LogP contribution in [0.2, 0.25) is 9.36 Å². The van der Waals surface area contributed by atoms with E-state index in [4.69, 9.17) is 23.2 Å². The Hall–Kier alpha value is -1.12. The molecule has 1 N–H and O–H groups in total. The molecule has 1 amide bonds. The van der Waals surface area contributed by atoms with Gasteiger partial charge in [-0.25, -0.2) is 8.42 Å². The largest absolute Gasteiger partial charge is 0.325 e. The highest BCUT2D eigenvalue weighted by molar-refractivity contribution is 7.91. The van der Waals surface area contributed by atoms with Crippen molar-refractivity contribution in [2.24, 2.45) is 0 Å². The number of halogens is 2. The second-order valence-electron chi connectivity index (χ2n) is 5.69. The average molecular weight is 419 g/mol. The SMILES string of the molecule is O=C(Nc1cccc(Cl)c1)[C@H]1CCCCN1S(=O)(=O)c1ccc(Cl)s1. The van der Waals surface area contributed by atoms with Crippen molar-refractivity contribution in [1.82, 2.24) is 4.31 Å². The van der Waals surface area contributed by atoms with Crippen LogP contribution in [0, 0.1) is 0 Å². The molecule has 0 spiro atoms. The summed E-state index contributed by atoms with van der Waals surface area (Å²) in [5.41, 5.74) is 0.541. The lowest BCUT2D eigenvalue weighted by Gasteiger charge is -2.33. The van der Waals surface area contributed by atoms with Gasteiger partial charge in [0, 0.05) is 17.3 Å². The van der Waals surface area contributed by atoms with E-state index in [-0.39, 0.29) is 10.1 Å². The van der Waals surface area contributed by atoms with Crippen molar-refractivity contribution >= 4 is 56.2 Å². The predicted molar refractivity (Wildman–Crippen MR) is 101 cm³/mol. The molecule has 1 aromatic heterocycles. The van der Waals surface area contributed by atoms with Gasteiger partial charge in [-0.3, -0.25) is 4.79 Å². The summed E-state index contributed by atoms with van der Waals surface area (Å²) >= 11 is 12.8. The topological polar surface area (TPSA) is 66.5 Å². The van der Waals surface area contributed by atoms with Crippen LogP contribution in [0.25, 0.3) is 0 Å². The van der Waals surface area contributed by atoms with Crippen LogP contribution < -0.4 is 5.32 Å². The summed E-state index contributed by atoms with van der Waals surface area (Å²) in [5.74, 6) is -0.354. The van der Waals surface area contributed by atoms with Crippen LogP contribution in [-0.4, -0.2) is 31.2 Å². The third-order valence-electron chi connectivity index (χ3n) is 3.96. The first-order valence-corrected chi connectivity index (χ1v) is 10.7. The minimum absolute atomic E-state index is 0.153. The normalized spacial score (nSPS) is 18.9. The van der Waals surface area contributed by atoms with E-state index in [9.17, 15) is 13.2 Å². The smallest absolute Gasteiger partial charge is 0.253 e. The van der Waals surface area contributed by atoms with Crippen molar-refractivity contribution in [2.45, 2.75) is 29.5 Å². The van der Waals surface area contributed by atoms with Crippen LogP contribution in [0.3, 0.4) is 0 Å². The van der Waals surface area contributed by atoms with Crippen LogP contribution in [0.1, 0.15) is 19.3 Å². The van der Waals surface area contributed by atoms with Gasteiger partial charge in [-0.05, 0) is 43.2 Å². The highest BCUT2D eigenvalue weighted by Gasteiger charge is 2.38. The van der Waals surface area contributed by atoms with E-state index in [0.29, 0.717) is 28.0 Å². The number of benzene rings is 1. The molecule has 1 saturated heterocycles. The molecule has 25 heavy (non-hydrogen) atoms. The quantitative estimate of drug-likeness (QED) is 0.806. The Labute approximate surface area is 160 Å². The molecule has 2 heterocycles. The molecule has 0 saturated carbocycles. The number of anilines is 1. The highest BCUT2D eigenvalue weighted by Crippen LogP contribution is 2.32. The summed E-state index contributed by atoms with van der Waals surface area (Å²) < 4.78 is 27.6. The summed E-state index contributed by atoms with van der Waals surface area (Å²) in [6.07, 6.45) is 1.99. The van der Waals surface area contributed by atoms with Gasteiger partial charge in [0.2, 0.25) is 5.91 Å². The molecule has 0 bridgehead atoms. The minimum atomic E-state index is -3.76. The molecule has 1 aliphatic rings. The summed E-state index contributed by atoms with van der Waals surface area (Å²) in [6.45, 7) is 0.311. The van der Waals surface area contributed by atoms with Crippen molar-refractivity contribution < 1.29 is 13.2 Å². The first-order valence-electron chi connectivity index (χ1n) is 7.71. The second kappa shape index (κ2) is 7.63. The zero-order valence-corrected chi connectivity index (χ0v) is 16.3. The van der Waals surface area contributed by atoms with Crippen LogP contribution in [0.4, 0.5) is 5.69 Å². The lowest BCUT2D eigenvalue weighted by molar-refractivity contribution is -0.120. The van der Waals surface area contributed by atoms with Gasteiger partial charge in [-0.15, -0.1) is 11.3 Å². The number of thiophene rings is 1. The Bertz CT molecular complexity index is 883. The first kappa shape index (κ1) is 18.7. The Morgan fingerprint density at radius 2 is 2.00 bits per heavy atom. The summed E-state index contributed by atoms with van der Waals surface area (Å²) in [7, 11) is -3.76. The van der Waals surface area contributed by atoms with E-state index in [1.807, 2.05) is 0 Å². The molecule has 1 aliphatic heterocycles. The fourth-order valence-corrected chi connectivity index (χ4v) is 6.26. The van der Waals surface area contributed by atoms with E-state index in [2.05, 4.69) is 5.32 Å². The zero-order valence-electron chi connectivity index (χ0n) is 13.1. The molecule has 5 nitrogen and oxygen atoms in total. The number of hydrogen-bond donors (Lipinski definition) is 1. The van der Waals surface area contributed by atoms with E-state index in [1.54, 1.807) is 30.3 Å². The standard InChI is InChI=1S/C16H16Cl2N2O3S2/c17-11-4-3-5-12(10-11)19-16(21)13-6-1-2-9-20(13)25(22,23)15-8-7-14(18)24-15/h3-5,7-8,10,13H,1-2,6,9H2,(H,19,21)/t13-/m1/s1. The van der Waals surface area contributed by atoms with Crippen LogP contribution in [-0.2, 0) is 14.8 Å². The monoisotopic (exact) mass is 418 g/mol. The maximum absolute atomic E-state index is 12.9. The number of hydrogen-bond acceptors (Lipinski definition) is 4. The van der Waals surface area contributed by atoms with Crippen LogP contribution in [0.15, 0.2) is 40.6 Å². The van der Waals surface area contributed by atoms with E-state index in [1.165, 1.54) is 10.4 Å². The minimum Gasteiger partial charge on any atom is -0.325 e. The Kier molecular flexibility index (Phi) is 5.70. The molecule has 0 aliphatic carbocycles. The lowest BCUT2D eigenvalue weighted by atomic mass is 10.0. The van der Waals surface area contributed by atoms with Gasteiger partial charge in [0.25, 0.3) is 10.0 Å². The van der Waals surface area contributed by atoms with Gasteiger partial charge in [-0.2, -0.15) is 4.31 Å². The highest BCUT2D eigenvalue weighted by atomic mass is 35.5. The zero-order chi connectivity index (χ0) is 18.0. The maximum Gasteiger partial charge on any atom is 0.253 e. The van der Waals surface area contributed by atoms with Crippen molar-refractivity contribution in [1.29, 1.82) is 0 Å².